The molecule has 0 aromatic carbocycles. The van der Waals surface area contributed by atoms with Crippen LogP contribution in [-0.4, -0.2) is 31.3 Å². The summed E-state index contributed by atoms with van der Waals surface area (Å²) in [5.41, 5.74) is -0.604. The summed E-state index contributed by atoms with van der Waals surface area (Å²) in [5, 5.41) is 20.7. The number of aliphatic carboxylic acids is 1. The highest BCUT2D eigenvalue weighted by atomic mass is 16.4. The molecule has 1 aliphatic rings. The van der Waals surface area contributed by atoms with E-state index in [-0.39, 0.29) is 0 Å². The minimum absolute atomic E-state index is 0.415. The van der Waals surface area contributed by atoms with E-state index in [2.05, 4.69) is 22.4 Å². The highest BCUT2D eigenvalue weighted by Crippen LogP contribution is 2.47. The van der Waals surface area contributed by atoms with E-state index in [4.69, 9.17) is 5.11 Å². The molecule has 1 fully saturated rings. The van der Waals surface area contributed by atoms with E-state index in [9.17, 15) is 4.79 Å². The molecule has 0 amide bonds. The van der Waals surface area contributed by atoms with Crippen LogP contribution < -0.4 is 0 Å². The van der Waals surface area contributed by atoms with Gasteiger partial charge in [-0.2, -0.15) is 0 Å². The molecule has 1 aromatic rings. The molecular formula is C12H20N4O2. The summed E-state index contributed by atoms with van der Waals surface area (Å²) in [5.74, 6) is 0.0913. The molecule has 1 N–H and O–H groups in total. The summed E-state index contributed by atoms with van der Waals surface area (Å²) in [6.07, 6.45) is 6.97. The Morgan fingerprint density at radius 3 is 2.78 bits per heavy atom. The van der Waals surface area contributed by atoms with Gasteiger partial charge in [-0.1, -0.05) is 26.2 Å². The molecule has 0 radical (unpaired) electrons. The molecule has 0 unspecified atom stereocenters. The van der Waals surface area contributed by atoms with Gasteiger partial charge in [-0.05, 0) is 29.7 Å². The molecule has 100 valence electrons. The predicted octanol–water partition coefficient (Wildman–Crippen LogP) is 1.66. The average Bonchev–Trinajstić information content (AvgIpc) is 3.00. The van der Waals surface area contributed by atoms with Gasteiger partial charge in [-0.25, -0.2) is 4.68 Å². The van der Waals surface area contributed by atoms with Crippen molar-refractivity contribution in [3.8, 4) is 0 Å². The third-order valence-electron chi connectivity index (χ3n) is 3.62. The van der Waals surface area contributed by atoms with Gasteiger partial charge in [-0.15, -0.1) is 5.10 Å². The van der Waals surface area contributed by atoms with Crippen LogP contribution in [0, 0.1) is 5.41 Å². The zero-order valence-corrected chi connectivity index (χ0v) is 10.8. The minimum atomic E-state index is -0.727. The first kappa shape index (κ1) is 13.0. The van der Waals surface area contributed by atoms with Crippen molar-refractivity contribution in [2.24, 2.45) is 5.41 Å². The third-order valence-corrected chi connectivity index (χ3v) is 3.62. The number of hydrogen-bond acceptors (Lipinski definition) is 4. The number of unbranched alkanes of at least 4 members (excludes halogenated alkanes) is 3. The van der Waals surface area contributed by atoms with Crippen LogP contribution in [-0.2, 0) is 17.8 Å². The smallest absolute Gasteiger partial charge is 0.311 e. The lowest BCUT2D eigenvalue weighted by atomic mass is 10.1. The lowest BCUT2D eigenvalue weighted by Crippen LogP contribution is -2.23. The first-order valence-corrected chi connectivity index (χ1v) is 6.66. The van der Waals surface area contributed by atoms with E-state index in [1.54, 1.807) is 4.68 Å². The average molecular weight is 252 g/mol. The van der Waals surface area contributed by atoms with Crippen LogP contribution in [0.2, 0.25) is 0 Å². The summed E-state index contributed by atoms with van der Waals surface area (Å²) >= 11 is 0. The Morgan fingerprint density at radius 1 is 1.39 bits per heavy atom. The largest absolute Gasteiger partial charge is 0.481 e. The first-order valence-electron chi connectivity index (χ1n) is 6.66. The highest BCUT2D eigenvalue weighted by Gasteiger charge is 2.51. The van der Waals surface area contributed by atoms with Gasteiger partial charge in [0.2, 0.25) is 0 Å². The molecule has 0 aliphatic heterocycles. The molecule has 0 spiro atoms. The number of aryl methyl sites for hydroxylation is 1. The molecule has 1 heterocycles. The Morgan fingerprint density at radius 2 is 2.17 bits per heavy atom. The second-order valence-corrected chi connectivity index (χ2v) is 5.15. The maximum atomic E-state index is 11.1. The topological polar surface area (TPSA) is 80.9 Å². The van der Waals surface area contributed by atoms with Crippen LogP contribution in [0.1, 0.15) is 51.3 Å². The van der Waals surface area contributed by atoms with Crippen LogP contribution in [0.25, 0.3) is 0 Å². The van der Waals surface area contributed by atoms with Crippen LogP contribution in [0.4, 0.5) is 0 Å². The zero-order chi connectivity index (χ0) is 13.0. The number of nitrogens with zero attached hydrogens (tertiary/aromatic N) is 4. The number of tetrazole rings is 1. The van der Waals surface area contributed by atoms with Gasteiger partial charge in [0.05, 0.1) is 12.0 Å². The van der Waals surface area contributed by atoms with Crippen LogP contribution >= 0.6 is 0 Å². The Hall–Kier alpha value is -1.46. The number of carboxylic acids is 1. The van der Waals surface area contributed by atoms with Gasteiger partial charge < -0.3 is 5.11 Å². The minimum Gasteiger partial charge on any atom is -0.481 e. The molecule has 6 heteroatoms. The fourth-order valence-electron chi connectivity index (χ4n) is 2.11. The van der Waals surface area contributed by atoms with E-state index < -0.39 is 11.4 Å². The molecule has 0 atom stereocenters. The van der Waals surface area contributed by atoms with Crippen molar-refractivity contribution in [1.29, 1.82) is 0 Å². The zero-order valence-electron chi connectivity index (χ0n) is 10.8. The molecule has 0 saturated heterocycles. The highest BCUT2D eigenvalue weighted by molar-refractivity contribution is 5.77. The van der Waals surface area contributed by atoms with Gasteiger partial charge in [-0.3, -0.25) is 4.79 Å². The number of rotatable bonds is 8. The number of aromatic nitrogens is 4. The fraction of sp³-hybridized carbons (Fsp3) is 0.833. The van der Waals surface area contributed by atoms with E-state index >= 15 is 0 Å². The molecule has 1 aromatic heterocycles. The predicted molar refractivity (Wildman–Crippen MR) is 65.0 cm³/mol. The number of hydrogen-bond donors (Lipinski definition) is 1. The Bertz CT molecular complexity index is 412. The van der Waals surface area contributed by atoms with Crippen molar-refractivity contribution in [2.45, 2.75) is 58.4 Å². The van der Waals surface area contributed by atoms with Crippen molar-refractivity contribution in [3.63, 3.8) is 0 Å². The van der Waals surface area contributed by atoms with Crippen molar-refractivity contribution in [3.05, 3.63) is 5.82 Å². The Labute approximate surface area is 106 Å². The maximum absolute atomic E-state index is 11.1. The quantitative estimate of drug-likeness (QED) is 0.712. The second-order valence-electron chi connectivity index (χ2n) is 5.15. The van der Waals surface area contributed by atoms with Crippen molar-refractivity contribution in [2.75, 3.05) is 0 Å². The molecule has 6 nitrogen and oxygen atoms in total. The molecule has 1 aliphatic carbocycles. The number of carboxylic acid groups (broad SMARTS) is 1. The van der Waals surface area contributed by atoms with Gasteiger partial charge in [0.15, 0.2) is 5.82 Å². The molecule has 2 rings (SSSR count). The first-order chi connectivity index (χ1) is 8.68. The van der Waals surface area contributed by atoms with E-state index in [1.165, 1.54) is 19.3 Å². The summed E-state index contributed by atoms with van der Waals surface area (Å²) < 4.78 is 1.67. The van der Waals surface area contributed by atoms with Crippen molar-refractivity contribution >= 4 is 5.97 Å². The van der Waals surface area contributed by atoms with E-state index in [0.29, 0.717) is 6.54 Å². The van der Waals surface area contributed by atoms with Gasteiger partial charge in [0.25, 0.3) is 0 Å². The van der Waals surface area contributed by atoms with Gasteiger partial charge in [0.1, 0.15) is 0 Å². The van der Waals surface area contributed by atoms with E-state index in [1.807, 2.05) is 0 Å². The summed E-state index contributed by atoms with van der Waals surface area (Å²) in [4.78, 5) is 11.1. The summed E-state index contributed by atoms with van der Waals surface area (Å²) in [6, 6.07) is 0. The monoisotopic (exact) mass is 252 g/mol. The SMILES string of the molecule is CCCCCCc1nnnn1CC1(C(=O)O)CC1. The van der Waals surface area contributed by atoms with Crippen molar-refractivity contribution < 1.29 is 9.90 Å². The Kier molecular flexibility index (Phi) is 3.93. The summed E-state index contributed by atoms with van der Waals surface area (Å²) in [6.45, 7) is 2.59. The lowest BCUT2D eigenvalue weighted by Gasteiger charge is -2.10. The standard InChI is InChI=1S/C12H20N4O2/c1-2-3-4-5-6-10-13-14-15-16(10)9-12(7-8-12)11(17)18/h2-9H2,1H3,(H,17,18). The van der Waals surface area contributed by atoms with Gasteiger partial charge >= 0.3 is 5.97 Å². The Balaban J connectivity index is 1.90. The van der Waals surface area contributed by atoms with Crippen LogP contribution in [0.5, 0.6) is 0 Å². The fourth-order valence-corrected chi connectivity index (χ4v) is 2.11. The molecule has 0 bridgehead atoms. The van der Waals surface area contributed by atoms with Crippen LogP contribution in [0.3, 0.4) is 0 Å². The van der Waals surface area contributed by atoms with Crippen molar-refractivity contribution in [1.82, 2.24) is 20.2 Å². The number of carbonyl (C=O) groups is 1. The van der Waals surface area contributed by atoms with Gasteiger partial charge in [0, 0.05) is 6.42 Å². The lowest BCUT2D eigenvalue weighted by molar-refractivity contribution is -0.144. The van der Waals surface area contributed by atoms with Crippen LogP contribution in [0.15, 0.2) is 0 Å². The maximum Gasteiger partial charge on any atom is 0.311 e. The third kappa shape index (κ3) is 2.86. The summed E-state index contributed by atoms with van der Waals surface area (Å²) in [7, 11) is 0. The van der Waals surface area contributed by atoms with E-state index in [0.717, 1.165) is 31.5 Å². The molecule has 1 saturated carbocycles. The normalized spacial score (nSPS) is 16.7. The second kappa shape index (κ2) is 5.46. The molecular weight excluding hydrogens is 232 g/mol. The molecule has 18 heavy (non-hydrogen) atoms.